The third kappa shape index (κ3) is 2.75. The highest BCUT2D eigenvalue weighted by Crippen LogP contribution is 2.16. The number of nitrogens with zero attached hydrogens (tertiary/aromatic N) is 5. The Morgan fingerprint density at radius 1 is 1.23 bits per heavy atom. The molecule has 3 aromatic heterocycles. The molecule has 0 saturated heterocycles. The van der Waals surface area contributed by atoms with Gasteiger partial charge in [0.2, 0.25) is 5.88 Å². The van der Waals surface area contributed by atoms with Crippen molar-refractivity contribution in [1.29, 1.82) is 0 Å². The van der Waals surface area contributed by atoms with E-state index in [4.69, 9.17) is 4.74 Å². The number of amides is 1. The van der Waals surface area contributed by atoms with Crippen LogP contribution in [0, 0.1) is 0 Å². The second-order valence-electron chi connectivity index (χ2n) is 4.23. The van der Waals surface area contributed by atoms with Gasteiger partial charge < -0.3 is 10.1 Å². The average molecular weight is 296 g/mol. The van der Waals surface area contributed by atoms with E-state index in [1.807, 2.05) is 0 Å². The number of nitrogens with one attached hydrogen (secondary N) is 1. The Morgan fingerprint density at radius 2 is 2.14 bits per heavy atom. The fourth-order valence-corrected chi connectivity index (χ4v) is 1.85. The maximum absolute atomic E-state index is 12.3. The summed E-state index contributed by atoms with van der Waals surface area (Å²) in [5.74, 6) is 0.793. The number of hydrogen-bond donors (Lipinski definition) is 1. The number of pyridine rings is 1. The molecule has 1 amide bonds. The second-order valence-corrected chi connectivity index (χ2v) is 4.23. The van der Waals surface area contributed by atoms with Gasteiger partial charge in [0.25, 0.3) is 5.91 Å². The number of methoxy groups -OCH3 is 1. The van der Waals surface area contributed by atoms with Crippen LogP contribution in [0.4, 0.5) is 5.82 Å². The summed E-state index contributed by atoms with van der Waals surface area (Å²) in [7, 11) is 1.46. The summed E-state index contributed by atoms with van der Waals surface area (Å²) >= 11 is 0. The van der Waals surface area contributed by atoms with Crippen molar-refractivity contribution in [2.75, 3.05) is 12.4 Å². The van der Waals surface area contributed by atoms with E-state index < -0.39 is 0 Å². The van der Waals surface area contributed by atoms with Crippen molar-refractivity contribution in [3.8, 4) is 11.7 Å². The molecule has 3 heterocycles. The Labute approximate surface area is 125 Å². The first-order valence-electron chi connectivity index (χ1n) is 6.40. The van der Waals surface area contributed by atoms with E-state index in [1.165, 1.54) is 13.4 Å². The van der Waals surface area contributed by atoms with Crippen LogP contribution < -0.4 is 10.1 Å². The van der Waals surface area contributed by atoms with Gasteiger partial charge >= 0.3 is 0 Å². The van der Waals surface area contributed by atoms with E-state index in [0.717, 1.165) is 0 Å². The topological polar surface area (TPSA) is 94.8 Å². The zero-order valence-electron chi connectivity index (χ0n) is 11.7. The van der Waals surface area contributed by atoms with Gasteiger partial charge in [-0.3, -0.25) is 4.79 Å². The van der Waals surface area contributed by atoms with Gasteiger partial charge in [-0.05, 0) is 18.2 Å². The molecule has 110 valence electrons. The summed E-state index contributed by atoms with van der Waals surface area (Å²) in [6, 6.07) is 6.68. The number of ether oxygens (including phenoxy) is 1. The van der Waals surface area contributed by atoms with Gasteiger partial charge in [-0.2, -0.15) is 5.10 Å². The molecule has 0 aromatic carbocycles. The predicted octanol–water partition coefficient (Wildman–Crippen LogP) is 1.32. The van der Waals surface area contributed by atoms with Crippen molar-refractivity contribution < 1.29 is 9.53 Å². The van der Waals surface area contributed by atoms with Crippen LogP contribution in [0.2, 0.25) is 0 Å². The molecule has 1 N–H and O–H groups in total. The van der Waals surface area contributed by atoms with Crippen molar-refractivity contribution in [1.82, 2.24) is 24.7 Å². The van der Waals surface area contributed by atoms with Crippen molar-refractivity contribution in [3.63, 3.8) is 0 Å². The molecule has 0 spiro atoms. The largest absolute Gasteiger partial charge is 0.480 e. The van der Waals surface area contributed by atoms with Gasteiger partial charge in [-0.1, -0.05) is 0 Å². The van der Waals surface area contributed by atoms with Gasteiger partial charge in [0, 0.05) is 24.7 Å². The molecule has 0 aliphatic rings. The molecule has 3 aromatic rings. The monoisotopic (exact) mass is 296 g/mol. The van der Waals surface area contributed by atoms with Crippen molar-refractivity contribution in [2.24, 2.45) is 0 Å². The molecular formula is C14H12N6O2. The van der Waals surface area contributed by atoms with Gasteiger partial charge in [0.15, 0.2) is 5.82 Å². The smallest absolute Gasteiger partial charge is 0.262 e. The summed E-state index contributed by atoms with van der Waals surface area (Å²) < 4.78 is 6.64. The minimum atomic E-state index is -0.366. The number of rotatable bonds is 4. The summed E-state index contributed by atoms with van der Waals surface area (Å²) in [5, 5.41) is 6.76. The molecule has 0 saturated carbocycles. The first kappa shape index (κ1) is 13.7. The predicted molar refractivity (Wildman–Crippen MR) is 77.9 cm³/mol. The van der Waals surface area contributed by atoms with Crippen LogP contribution in [-0.4, -0.2) is 37.7 Å². The lowest BCUT2D eigenvalue weighted by atomic mass is 10.2. The Bertz CT molecular complexity index is 788. The maximum atomic E-state index is 12.3. The molecule has 0 fully saturated rings. The van der Waals surface area contributed by atoms with Crippen LogP contribution in [0.1, 0.15) is 10.4 Å². The summed E-state index contributed by atoms with van der Waals surface area (Å²) in [5.41, 5.74) is 0.323. The minimum absolute atomic E-state index is 0.251. The minimum Gasteiger partial charge on any atom is -0.480 e. The first-order valence-corrected chi connectivity index (χ1v) is 6.40. The Hall–Kier alpha value is -3.29. The number of anilines is 1. The van der Waals surface area contributed by atoms with Gasteiger partial charge in [0.05, 0.1) is 7.11 Å². The number of carbonyl (C=O) groups is 1. The van der Waals surface area contributed by atoms with Crippen LogP contribution in [0.3, 0.4) is 0 Å². The number of hydrogen-bond acceptors (Lipinski definition) is 6. The third-order valence-electron chi connectivity index (χ3n) is 2.84. The molecule has 22 heavy (non-hydrogen) atoms. The number of carbonyl (C=O) groups excluding carboxylic acids is 1. The van der Waals surface area contributed by atoms with Crippen molar-refractivity contribution >= 4 is 11.7 Å². The molecule has 0 aliphatic heterocycles. The Balaban J connectivity index is 1.84. The first-order chi connectivity index (χ1) is 10.8. The van der Waals surface area contributed by atoms with E-state index in [-0.39, 0.29) is 11.8 Å². The summed E-state index contributed by atoms with van der Waals surface area (Å²) in [6.45, 7) is 0. The van der Waals surface area contributed by atoms with Crippen LogP contribution in [-0.2, 0) is 0 Å². The van der Waals surface area contributed by atoms with E-state index in [2.05, 4.69) is 25.4 Å². The van der Waals surface area contributed by atoms with E-state index in [0.29, 0.717) is 17.2 Å². The van der Waals surface area contributed by atoms with Gasteiger partial charge in [0.1, 0.15) is 17.7 Å². The fraction of sp³-hybridized carbons (Fsp3) is 0.0714. The molecule has 0 atom stereocenters. The average Bonchev–Trinajstić information content (AvgIpc) is 3.09. The van der Waals surface area contributed by atoms with E-state index >= 15 is 0 Å². The van der Waals surface area contributed by atoms with Crippen LogP contribution in [0.5, 0.6) is 5.88 Å². The molecular weight excluding hydrogens is 284 g/mol. The summed E-state index contributed by atoms with van der Waals surface area (Å²) in [4.78, 5) is 24.4. The quantitative estimate of drug-likeness (QED) is 0.780. The number of aromatic nitrogens is 5. The van der Waals surface area contributed by atoms with Crippen LogP contribution in [0.25, 0.3) is 5.82 Å². The Morgan fingerprint density at radius 3 is 2.91 bits per heavy atom. The lowest BCUT2D eigenvalue weighted by molar-refractivity contribution is 0.102. The van der Waals surface area contributed by atoms with E-state index in [1.54, 1.807) is 47.5 Å². The van der Waals surface area contributed by atoms with Gasteiger partial charge in [-0.15, -0.1) is 0 Å². The highest BCUT2D eigenvalue weighted by atomic mass is 16.5. The third-order valence-corrected chi connectivity index (χ3v) is 2.84. The molecule has 3 rings (SSSR count). The molecule has 8 heteroatoms. The summed E-state index contributed by atoms with van der Waals surface area (Å²) in [6.07, 6.45) is 6.29. The fourth-order valence-electron chi connectivity index (χ4n) is 1.85. The molecule has 0 aliphatic carbocycles. The SMILES string of the molecule is COc1ncccc1C(=O)Nc1cc(-n2cccn2)ncn1. The second kappa shape index (κ2) is 6.00. The van der Waals surface area contributed by atoms with Crippen molar-refractivity contribution in [2.45, 2.75) is 0 Å². The molecule has 8 nitrogen and oxygen atoms in total. The Kier molecular flexibility index (Phi) is 3.73. The highest BCUT2D eigenvalue weighted by Gasteiger charge is 2.14. The zero-order chi connectivity index (χ0) is 15.4. The van der Waals surface area contributed by atoms with Crippen LogP contribution in [0.15, 0.2) is 49.2 Å². The van der Waals surface area contributed by atoms with Gasteiger partial charge in [-0.25, -0.2) is 19.6 Å². The molecule has 0 bridgehead atoms. The van der Waals surface area contributed by atoms with Crippen molar-refractivity contribution in [3.05, 3.63) is 54.7 Å². The van der Waals surface area contributed by atoms with Crippen LogP contribution >= 0.6 is 0 Å². The molecule has 0 unspecified atom stereocenters. The van der Waals surface area contributed by atoms with E-state index in [9.17, 15) is 4.79 Å². The maximum Gasteiger partial charge on any atom is 0.262 e. The zero-order valence-corrected chi connectivity index (χ0v) is 11.7. The lowest BCUT2D eigenvalue weighted by Gasteiger charge is -2.08. The standard InChI is InChI=1S/C14H12N6O2/c1-22-14-10(4-2-5-15-14)13(21)19-11-8-12(17-9-16-11)20-7-3-6-18-20/h2-9H,1H3,(H,16,17,19,21). The lowest BCUT2D eigenvalue weighted by Crippen LogP contribution is -2.15. The normalized spacial score (nSPS) is 10.2. The highest BCUT2D eigenvalue weighted by molar-refractivity contribution is 6.05. The molecule has 0 radical (unpaired) electrons.